The zero-order chi connectivity index (χ0) is 17.0. The van der Waals surface area contributed by atoms with E-state index in [1.54, 1.807) is 18.8 Å². The molecule has 23 heavy (non-hydrogen) atoms. The molecule has 0 saturated carbocycles. The average molecular weight is 315 g/mol. The van der Waals surface area contributed by atoms with Crippen LogP contribution in [0.2, 0.25) is 0 Å². The Balaban J connectivity index is 2.05. The Kier molecular flexibility index (Phi) is 5.42. The third-order valence-electron chi connectivity index (χ3n) is 3.82. The highest BCUT2D eigenvalue weighted by Gasteiger charge is 2.17. The third kappa shape index (κ3) is 4.12. The molecular formula is C18H25N3O2. The van der Waals surface area contributed by atoms with Crippen molar-refractivity contribution in [3.8, 4) is 5.75 Å². The minimum absolute atomic E-state index is 0.00352. The summed E-state index contributed by atoms with van der Waals surface area (Å²) in [4.78, 5) is 12.5. The summed E-state index contributed by atoms with van der Waals surface area (Å²) in [5.74, 6) is 1.04. The van der Waals surface area contributed by atoms with E-state index in [4.69, 9.17) is 4.74 Å². The fourth-order valence-corrected chi connectivity index (χ4v) is 2.53. The number of amides is 1. The van der Waals surface area contributed by atoms with Crippen LogP contribution >= 0.6 is 0 Å². The lowest BCUT2D eigenvalue weighted by atomic mass is 10.1. The van der Waals surface area contributed by atoms with Gasteiger partial charge in [0, 0.05) is 13.1 Å². The van der Waals surface area contributed by atoms with Gasteiger partial charge in [-0.3, -0.25) is 9.48 Å². The molecule has 1 unspecified atom stereocenters. The molecule has 5 nitrogen and oxygen atoms in total. The number of methoxy groups -OCH3 is 1. The van der Waals surface area contributed by atoms with E-state index >= 15 is 0 Å². The first-order chi connectivity index (χ1) is 10.9. The molecule has 1 heterocycles. The van der Waals surface area contributed by atoms with Crippen LogP contribution < -0.4 is 10.1 Å². The second kappa shape index (κ2) is 7.31. The number of hydrogen-bond donors (Lipinski definition) is 1. The first-order valence-corrected chi connectivity index (χ1v) is 7.89. The first kappa shape index (κ1) is 17.1. The highest BCUT2D eigenvalue weighted by atomic mass is 16.5. The van der Waals surface area contributed by atoms with Gasteiger partial charge in [0.2, 0.25) is 0 Å². The van der Waals surface area contributed by atoms with E-state index in [0.29, 0.717) is 18.0 Å². The summed E-state index contributed by atoms with van der Waals surface area (Å²) in [5, 5.41) is 7.42. The Bertz CT molecular complexity index is 677. The minimum atomic E-state index is -0.103. The summed E-state index contributed by atoms with van der Waals surface area (Å²) in [6, 6.07) is 9.71. The number of rotatable bonds is 6. The van der Waals surface area contributed by atoms with Gasteiger partial charge in [-0.15, -0.1) is 0 Å². The zero-order valence-electron chi connectivity index (χ0n) is 14.5. The predicted molar refractivity (Wildman–Crippen MR) is 90.9 cm³/mol. The SMILES string of the molecule is COc1ccccc1CC(C)NC(=O)c1cc(C(C)C)nn1C. The molecule has 1 aromatic carbocycles. The molecule has 5 heteroatoms. The maximum atomic E-state index is 12.5. The molecule has 0 radical (unpaired) electrons. The molecule has 0 aliphatic carbocycles. The minimum Gasteiger partial charge on any atom is -0.496 e. The average Bonchev–Trinajstić information content (AvgIpc) is 2.90. The van der Waals surface area contributed by atoms with E-state index in [-0.39, 0.29) is 11.9 Å². The Morgan fingerprint density at radius 2 is 2.00 bits per heavy atom. The van der Waals surface area contributed by atoms with Gasteiger partial charge >= 0.3 is 0 Å². The lowest BCUT2D eigenvalue weighted by Crippen LogP contribution is -2.35. The van der Waals surface area contributed by atoms with Crippen LogP contribution in [0, 0.1) is 0 Å². The maximum Gasteiger partial charge on any atom is 0.269 e. The van der Waals surface area contributed by atoms with Crippen molar-refractivity contribution in [3.63, 3.8) is 0 Å². The Labute approximate surface area is 137 Å². The molecule has 1 N–H and O–H groups in total. The summed E-state index contributed by atoms with van der Waals surface area (Å²) in [6.07, 6.45) is 0.713. The predicted octanol–water partition coefficient (Wildman–Crippen LogP) is 2.91. The van der Waals surface area contributed by atoms with E-state index in [1.807, 2.05) is 37.3 Å². The normalized spacial score (nSPS) is 12.3. The molecule has 124 valence electrons. The van der Waals surface area contributed by atoms with Crippen LogP contribution in [-0.2, 0) is 13.5 Å². The number of aromatic nitrogens is 2. The first-order valence-electron chi connectivity index (χ1n) is 7.89. The summed E-state index contributed by atoms with van der Waals surface area (Å²) in [7, 11) is 3.46. The summed E-state index contributed by atoms with van der Waals surface area (Å²) in [6.45, 7) is 6.12. The van der Waals surface area contributed by atoms with Crippen molar-refractivity contribution in [2.45, 2.75) is 39.2 Å². The fraction of sp³-hybridized carbons (Fsp3) is 0.444. The number of para-hydroxylation sites is 1. The van der Waals surface area contributed by atoms with E-state index in [1.165, 1.54) is 0 Å². The molecule has 0 saturated heterocycles. The summed E-state index contributed by atoms with van der Waals surface area (Å²) in [5.41, 5.74) is 2.59. The van der Waals surface area contributed by atoms with Crippen molar-refractivity contribution < 1.29 is 9.53 Å². The lowest BCUT2D eigenvalue weighted by Gasteiger charge is -2.15. The smallest absolute Gasteiger partial charge is 0.269 e. The number of benzene rings is 1. The molecule has 2 rings (SSSR count). The van der Waals surface area contributed by atoms with E-state index in [2.05, 4.69) is 24.3 Å². The van der Waals surface area contributed by atoms with Gasteiger partial charge in [-0.05, 0) is 37.0 Å². The third-order valence-corrected chi connectivity index (χ3v) is 3.82. The largest absolute Gasteiger partial charge is 0.496 e. The number of aryl methyl sites for hydroxylation is 1. The maximum absolute atomic E-state index is 12.5. The molecule has 0 spiro atoms. The van der Waals surface area contributed by atoms with Gasteiger partial charge in [0.25, 0.3) is 5.91 Å². The van der Waals surface area contributed by atoms with Crippen molar-refractivity contribution in [3.05, 3.63) is 47.3 Å². The number of carbonyl (C=O) groups excluding carboxylic acids is 1. The summed E-state index contributed by atoms with van der Waals surface area (Å²) >= 11 is 0. The molecule has 0 aliphatic rings. The van der Waals surface area contributed by atoms with Crippen molar-refractivity contribution in [2.75, 3.05) is 7.11 Å². The molecule has 2 aromatic rings. The van der Waals surface area contributed by atoms with Crippen molar-refractivity contribution in [1.82, 2.24) is 15.1 Å². The van der Waals surface area contributed by atoms with E-state index < -0.39 is 0 Å². The topological polar surface area (TPSA) is 56.1 Å². The Morgan fingerprint density at radius 1 is 1.30 bits per heavy atom. The van der Waals surface area contributed by atoms with Crippen molar-refractivity contribution >= 4 is 5.91 Å². The second-order valence-electron chi connectivity index (χ2n) is 6.12. The number of nitrogens with one attached hydrogen (secondary N) is 1. The van der Waals surface area contributed by atoms with E-state index in [0.717, 1.165) is 17.0 Å². The van der Waals surface area contributed by atoms with Gasteiger partial charge in [-0.25, -0.2) is 0 Å². The molecule has 1 aromatic heterocycles. The zero-order valence-corrected chi connectivity index (χ0v) is 14.5. The van der Waals surface area contributed by atoms with Crippen molar-refractivity contribution in [1.29, 1.82) is 0 Å². The monoisotopic (exact) mass is 315 g/mol. The molecule has 0 aliphatic heterocycles. The molecular weight excluding hydrogens is 290 g/mol. The Hall–Kier alpha value is -2.30. The van der Waals surface area contributed by atoms with Crippen LogP contribution in [0.15, 0.2) is 30.3 Å². The van der Waals surface area contributed by atoms with Gasteiger partial charge in [0.1, 0.15) is 11.4 Å². The van der Waals surface area contributed by atoms with Crippen LogP contribution in [0.5, 0.6) is 5.75 Å². The number of hydrogen-bond acceptors (Lipinski definition) is 3. The fourth-order valence-electron chi connectivity index (χ4n) is 2.53. The standard InChI is InChI=1S/C18H25N3O2/c1-12(2)15-11-16(21(4)20-15)18(22)19-13(3)10-14-8-6-7-9-17(14)23-5/h6-9,11-13H,10H2,1-5H3,(H,19,22). The van der Waals surface area contributed by atoms with Gasteiger partial charge in [0.05, 0.1) is 12.8 Å². The Morgan fingerprint density at radius 3 is 2.61 bits per heavy atom. The van der Waals surface area contributed by atoms with Gasteiger partial charge in [-0.1, -0.05) is 32.0 Å². The van der Waals surface area contributed by atoms with Crippen LogP contribution in [0.1, 0.15) is 48.4 Å². The highest BCUT2D eigenvalue weighted by Crippen LogP contribution is 2.19. The molecule has 1 amide bonds. The van der Waals surface area contributed by atoms with Crippen LogP contribution in [0.4, 0.5) is 0 Å². The van der Waals surface area contributed by atoms with Gasteiger partial charge in [-0.2, -0.15) is 5.10 Å². The molecule has 0 fully saturated rings. The van der Waals surface area contributed by atoms with Crippen molar-refractivity contribution in [2.24, 2.45) is 7.05 Å². The summed E-state index contributed by atoms with van der Waals surface area (Å²) < 4.78 is 7.00. The lowest BCUT2D eigenvalue weighted by molar-refractivity contribution is 0.0930. The highest BCUT2D eigenvalue weighted by molar-refractivity contribution is 5.92. The van der Waals surface area contributed by atoms with Crippen LogP contribution in [-0.4, -0.2) is 28.8 Å². The molecule has 1 atom stereocenters. The number of nitrogens with zero attached hydrogens (tertiary/aromatic N) is 2. The number of carbonyl (C=O) groups is 1. The van der Waals surface area contributed by atoms with Crippen LogP contribution in [0.25, 0.3) is 0 Å². The van der Waals surface area contributed by atoms with E-state index in [9.17, 15) is 4.79 Å². The second-order valence-corrected chi connectivity index (χ2v) is 6.12. The number of ether oxygens (including phenoxy) is 1. The van der Waals surface area contributed by atoms with Crippen LogP contribution in [0.3, 0.4) is 0 Å². The van der Waals surface area contributed by atoms with Gasteiger partial charge in [0.15, 0.2) is 0 Å². The van der Waals surface area contributed by atoms with Gasteiger partial charge < -0.3 is 10.1 Å². The molecule has 0 bridgehead atoms. The quantitative estimate of drug-likeness (QED) is 0.892.